The topological polar surface area (TPSA) is 91.0 Å². The third kappa shape index (κ3) is 8.06. The molecule has 1 heterocycles. The van der Waals surface area contributed by atoms with E-state index in [4.69, 9.17) is 28.1 Å². The highest BCUT2D eigenvalue weighted by Gasteiger charge is 2.10. The average molecular weight is 530 g/mol. The van der Waals surface area contributed by atoms with E-state index < -0.39 is 0 Å². The van der Waals surface area contributed by atoms with Crippen molar-refractivity contribution in [3.05, 3.63) is 125 Å². The second kappa shape index (κ2) is 14.2. The van der Waals surface area contributed by atoms with Crippen LogP contribution in [0, 0.1) is 38.2 Å². The van der Waals surface area contributed by atoms with E-state index in [2.05, 4.69) is 67.2 Å². The van der Waals surface area contributed by atoms with Gasteiger partial charge in [0.05, 0.1) is 17.1 Å². The van der Waals surface area contributed by atoms with Crippen molar-refractivity contribution < 1.29 is 0 Å². The quantitative estimate of drug-likeness (QED) is 0.123. The van der Waals surface area contributed by atoms with Crippen molar-refractivity contribution in [1.82, 2.24) is 4.98 Å². The minimum atomic E-state index is 0.659. The van der Waals surface area contributed by atoms with Crippen molar-refractivity contribution in [3.63, 3.8) is 0 Å². The highest BCUT2D eigenvalue weighted by molar-refractivity contribution is 7.18. The Labute approximate surface area is 234 Å². The Morgan fingerprint density at radius 3 is 1.97 bits per heavy atom. The molecule has 0 aliphatic carbocycles. The molecule has 0 radical (unpaired) electrons. The zero-order valence-corrected chi connectivity index (χ0v) is 23.1. The summed E-state index contributed by atoms with van der Waals surface area (Å²) in [5.74, 6) is 0. The lowest BCUT2D eigenvalue weighted by atomic mass is 10.0. The molecule has 4 aromatic carbocycles. The number of benzene rings is 4. The molecule has 0 saturated carbocycles. The Morgan fingerprint density at radius 2 is 1.36 bits per heavy atom. The fraction of sp³-hybridized carbons (Fsp3) is 0.0909. The maximum Gasteiger partial charge on any atom is 0.187 e. The Kier molecular flexibility index (Phi) is 10.4. The van der Waals surface area contributed by atoms with Gasteiger partial charge in [-0.2, -0.15) is 0 Å². The molecule has 5 aromatic rings. The number of aromatic nitrogens is 1. The van der Waals surface area contributed by atoms with Crippen LogP contribution in [0.4, 0.5) is 11.4 Å². The fourth-order valence-corrected chi connectivity index (χ4v) is 4.76. The molecule has 0 atom stereocenters. The molecule has 5 nitrogen and oxygen atoms in total. The van der Waals surface area contributed by atoms with E-state index in [0.29, 0.717) is 5.69 Å². The van der Waals surface area contributed by atoms with Crippen molar-refractivity contribution in [2.75, 3.05) is 5.73 Å². The van der Waals surface area contributed by atoms with E-state index in [0.717, 1.165) is 45.5 Å². The molecular formula is C33H31N5S. The lowest BCUT2D eigenvalue weighted by molar-refractivity contribution is 1.27. The van der Waals surface area contributed by atoms with Gasteiger partial charge in [-0.25, -0.2) is 9.83 Å². The van der Waals surface area contributed by atoms with Crippen LogP contribution in [0.3, 0.4) is 0 Å². The van der Waals surface area contributed by atoms with Gasteiger partial charge in [0, 0.05) is 23.7 Å². The number of nitrogen functional groups attached to an aromatic ring is 1. The van der Waals surface area contributed by atoms with Crippen LogP contribution in [-0.2, 0) is 0 Å². The zero-order valence-electron chi connectivity index (χ0n) is 22.3. The summed E-state index contributed by atoms with van der Waals surface area (Å²) in [6.45, 7) is 13.2. The second-order valence-electron chi connectivity index (χ2n) is 8.73. The third-order valence-corrected chi connectivity index (χ3v) is 7.05. The minimum Gasteiger partial charge on any atom is -0.399 e. The zero-order chi connectivity index (χ0) is 28.2. The molecule has 0 unspecified atom stereocenters. The number of hydrogen-bond acceptors (Lipinski definition) is 5. The van der Waals surface area contributed by atoms with Crippen molar-refractivity contribution >= 4 is 35.1 Å². The van der Waals surface area contributed by atoms with E-state index in [9.17, 15) is 0 Å². The fourth-order valence-electron chi connectivity index (χ4n) is 3.68. The lowest BCUT2D eigenvalue weighted by Crippen LogP contribution is -1.89. The first-order valence-corrected chi connectivity index (χ1v) is 13.1. The molecule has 0 bridgehead atoms. The van der Waals surface area contributed by atoms with Crippen molar-refractivity contribution in [3.8, 4) is 32.1 Å². The predicted molar refractivity (Wildman–Crippen MR) is 167 cm³/mol. The first-order chi connectivity index (χ1) is 18.9. The van der Waals surface area contributed by atoms with E-state index in [1.807, 2.05) is 49.4 Å². The van der Waals surface area contributed by atoms with Crippen LogP contribution in [0.2, 0.25) is 0 Å². The molecule has 5 rings (SSSR count). The van der Waals surface area contributed by atoms with E-state index >= 15 is 0 Å². The molecule has 1 aromatic heterocycles. The van der Waals surface area contributed by atoms with Crippen molar-refractivity contribution in [2.24, 2.45) is 0 Å². The molecule has 0 saturated heterocycles. The largest absolute Gasteiger partial charge is 0.399 e. The average Bonchev–Trinajstić information content (AvgIpc) is 3.37. The van der Waals surface area contributed by atoms with Gasteiger partial charge >= 0.3 is 0 Å². The Balaban J connectivity index is 0.000000192. The Hall–Kier alpha value is -4.86. The standard InChI is InChI=1S/C17H15NS.C14H12N2.C2H4N2/c1-12-8-10-14(11-9-12)16-13(2)18-17(19-16)15-6-4-3-5-7-15;1-10-8-12(6-7-14(10)15)11-4-3-5-13(9-11)16-2;3-1-2-4/h3-11H,1-2H3;3-9H,15H2,1H3;1-4H. The number of rotatable bonds is 4. The summed E-state index contributed by atoms with van der Waals surface area (Å²) >= 11 is 1.76. The molecule has 6 heteroatoms. The van der Waals surface area contributed by atoms with Crippen LogP contribution >= 0.6 is 11.3 Å². The molecule has 0 amide bonds. The summed E-state index contributed by atoms with van der Waals surface area (Å²) in [5, 5.41) is 13.3. The molecule has 4 N–H and O–H groups in total. The SMILES string of the molecule is Cc1ccc(-c2sc(-c3ccccc3)nc2C)cc1.N=CC=N.[C-]#[N+]c1cccc(-c2ccc(N)c(C)c2)c1. The van der Waals surface area contributed by atoms with Gasteiger partial charge in [-0.15, -0.1) is 11.3 Å². The summed E-state index contributed by atoms with van der Waals surface area (Å²) in [6.07, 6.45) is 1.83. The van der Waals surface area contributed by atoms with Crippen LogP contribution in [0.1, 0.15) is 16.8 Å². The smallest absolute Gasteiger partial charge is 0.187 e. The second-order valence-corrected chi connectivity index (χ2v) is 9.73. The summed E-state index contributed by atoms with van der Waals surface area (Å²) < 4.78 is 0. The van der Waals surface area contributed by atoms with Crippen LogP contribution in [-0.4, -0.2) is 17.4 Å². The predicted octanol–water partition coefficient (Wildman–Crippen LogP) is 9.17. The molecule has 194 valence electrons. The third-order valence-electron chi connectivity index (χ3n) is 5.79. The van der Waals surface area contributed by atoms with E-state index in [1.165, 1.54) is 21.6 Å². The first-order valence-electron chi connectivity index (χ1n) is 12.3. The van der Waals surface area contributed by atoms with Crippen LogP contribution < -0.4 is 5.73 Å². The summed E-state index contributed by atoms with van der Waals surface area (Å²) in [6, 6.07) is 32.5. The van der Waals surface area contributed by atoms with Crippen LogP contribution in [0.25, 0.3) is 37.0 Å². The van der Waals surface area contributed by atoms with Gasteiger partial charge in [0.2, 0.25) is 0 Å². The molecule has 0 fully saturated rings. The Morgan fingerprint density at radius 1 is 0.744 bits per heavy atom. The number of thiazole rings is 1. The maximum atomic E-state index is 6.98. The highest BCUT2D eigenvalue weighted by Crippen LogP contribution is 2.35. The Bertz CT molecular complexity index is 1570. The van der Waals surface area contributed by atoms with Gasteiger partial charge in [0.1, 0.15) is 5.01 Å². The molecule has 0 spiro atoms. The number of hydrogen-bond donors (Lipinski definition) is 3. The number of nitrogens with zero attached hydrogens (tertiary/aromatic N) is 2. The number of nitrogens with two attached hydrogens (primary N) is 1. The lowest BCUT2D eigenvalue weighted by Gasteiger charge is -2.05. The summed E-state index contributed by atoms with van der Waals surface area (Å²) in [4.78, 5) is 9.38. The van der Waals surface area contributed by atoms with Gasteiger partial charge in [0.25, 0.3) is 0 Å². The van der Waals surface area contributed by atoms with Gasteiger partial charge in [-0.1, -0.05) is 84.4 Å². The minimum absolute atomic E-state index is 0.659. The van der Waals surface area contributed by atoms with E-state index in [1.54, 1.807) is 17.4 Å². The highest BCUT2D eigenvalue weighted by atomic mass is 32.1. The summed E-state index contributed by atoms with van der Waals surface area (Å²) in [5.41, 5.74) is 15.3. The normalized spacial score (nSPS) is 9.69. The van der Waals surface area contributed by atoms with Crippen molar-refractivity contribution in [1.29, 1.82) is 10.8 Å². The van der Waals surface area contributed by atoms with Gasteiger partial charge in [-0.05, 0) is 61.2 Å². The first kappa shape index (κ1) is 28.7. The van der Waals surface area contributed by atoms with Crippen LogP contribution in [0.15, 0.2) is 97.1 Å². The van der Waals surface area contributed by atoms with Crippen LogP contribution in [0.5, 0.6) is 0 Å². The molecular weight excluding hydrogens is 498 g/mol. The van der Waals surface area contributed by atoms with Crippen molar-refractivity contribution in [2.45, 2.75) is 20.8 Å². The number of nitrogens with one attached hydrogen (secondary N) is 2. The maximum absolute atomic E-state index is 6.98. The molecule has 39 heavy (non-hydrogen) atoms. The summed E-state index contributed by atoms with van der Waals surface area (Å²) in [7, 11) is 0. The van der Waals surface area contributed by atoms with E-state index in [-0.39, 0.29) is 0 Å². The molecule has 0 aliphatic heterocycles. The number of anilines is 1. The molecule has 0 aliphatic rings. The van der Waals surface area contributed by atoms with Gasteiger partial charge in [-0.3, -0.25) is 0 Å². The monoisotopic (exact) mass is 529 g/mol. The number of aryl methyl sites for hydroxylation is 3. The van der Waals surface area contributed by atoms with Gasteiger partial charge in [0.15, 0.2) is 5.69 Å². The van der Waals surface area contributed by atoms with Gasteiger partial charge < -0.3 is 16.6 Å².